The first-order valence-electron chi connectivity index (χ1n) is 8.14. The van der Waals surface area contributed by atoms with Crippen LogP contribution < -0.4 is 16.6 Å². The molecule has 0 aliphatic rings. The summed E-state index contributed by atoms with van der Waals surface area (Å²) >= 11 is 0. The van der Waals surface area contributed by atoms with E-state index in [1.54, 1.807) is 9.36 Å². The van der Waals surface area contributed by atoms with Crippen LogP contribution in [0.2, 0.25) is 0 Å². The SMILES string of the molecule is Cc1cc(C)nc(/N=C(/N)Nc2c(C)n(C)n(-c3ccccc3)c2=O)n1. The molecule has 3 rings (SSSR count). The molecular formula is C18H21N7O. The van der Waals surface area contributed by atoms with Gasteiger partial charge in [-0.15, -0.1) is 0 Å². The Kier molecular flexibility index (Phi) is 4.57. The average molecular weight is 351 g/mol. The number of nitrogens with zero attached hydrogens (tertiary/aromatic N) is 5. The van der Waals surface area contributed by atoms with E-state index in [1.807, 2.05) is 64.2 Å². The van der Waals surface area contributed by atoms with Gasteiger partial charge in [0, 0.05) is 18.4 Å². The van der Waals surface area contributed by atoms with Crippen LogP contribution in [0.15, 0.2) is 46.2 Å². The van der Waals surface area contributed by atoms with Gasteiger partial charge in [-0.25, -0.2) is 14.6 Å². The van der Waals surface area contributed by atoms with Crippen molar-refractivity contribution in [2.45, 2.75) is 20.8 Å². The minimum atomic E-state index is -0.212. The number of para-hydroxylation sites is 1. The summed E-state index contributed by atoms with van der Waals surface area (Å²) in [5.41, 5.74) is 9.22. The third-order valence-corrected chi connectivity index (χ3v) is 4.00. The highest BCUT2D eigenvalue weighted by Gasteiger charge is 2.16. The van der Waals surface area contributed by atoms with Crippen LogP contribution in [0, 0.1) is 20.8 Å². The monoisotopic (exact) mass is 351 g/mol. The minimum Gasteiger partial charge on any atom is -0.369 e. The lowest BCUT2D eigenvalue weighted by molar-refractivity contribution is 0.630. The summed E-state index contributed by atoms with van der Waals surface area (Å²) in [5.74, 6) is 0.311. The van der Waals surface area contributed by atoms with Crippen molar-refractivity contribution in [2.75, 3.05) is 5.32 Å². The molecule has 0 fully saturated rings. The molecule has 0 saturated heterocycles. The van der Waals surface area contributed by atoms with E-state index in [1.165, 1.54) is 0 Å². The Morgan fingerprint density at radius 1 is 1.12 bits per heavy atom. The number of rotatable bonds is 3. The first-order valence-corrected chi connectivity index (χ1v) is 8.14. The second kappa shape index (κ2) is 6.83. The van der Waals surface area contributed by atoms with Gasteiger partial charge in [0.1, 0.15) is 5.69 Å². The van der Waals surface area contributed by atoms with E-state index in [9.17, 15) is 4.79 Å². The number of aliphatic imine (C=N–C) groups is 1. The first kappa shape index (κ1) is 17.4. The van der Waals surface area contributed by atoms with Crippen molar-refractivity contribution in [1.29, 1.82) is 0 Å². The lowest BCUT2D eigenvalue weighted by Gasteiger charge is -2.07. The molecule has 0 aliphatic carbocycles. The van der Waals surface area contributed by atoms with Crippen LogP contribution in [0.25, 0.3) is 5.69 Å². The van der Waals surface area contributed by atoms with Crippen LogP contribution in [0.5, 0.6) is 0 Å². The quantitative estimate of drug-likeness (QED) is 0.554. The standard InChI is InChI=1S/C18H21N7O/c1-11-10-12(2)21-18(20-11)23-17(19)22-15-13(3)24(4)25(16(15)26)14-8-6-5-7-9-14/h5-10H,1-4H3,(H3,19,20,21,22,23). The van der Waals surface area contributed by atoms with E-state index < -0.39 is 0 Å². The van der Waals surface area contributed by atoms with Gasteiger partial charge >= 0.3 is 0 Å². The molecule has 3 N–H and O–H groups in total. The topological polar surface area (TPSA) is 103 Å². The number of nitrogens with one attached hydrogen (secondary N) is 1. The second-order valence-corrected chi connectivity index (χ2v) is 6.01. The summed E-state index contributed by atoms with van der Waals surface area (Å²) in [4.78, 5) is 25.5. The van der Waals surface area contributed by atoms with Crippen molar-refractivity contribution in [3.63, 3.8) is 0 Å². The summed E-state index contributed by atoms with van der Waals surface area (Å²) in [6.07, 6.45) is 0. The first-order chi connectivity index (χ1) is 12.4. The Morgan fingerprint density at radius 3 is 2.35 bits per heavy atom. The molecule has 2 heterocycles. The molecule has 0 atom stereocenters. The maximum absolute atomic E-state index is 12.8. The molecule has 2 aromatic heterocycles. The van der Waals surface area contributed by atoms with E-state index in [4.69, 9.17) is 5.73 Å². The Balaban J connectivity index is 1.98. The molecule has 134 valence electrons. The highest BCUT2D eigenvalue weighted by molar-refractivity contribution is 5.93. The molecule has 0 amide bonds. The molecule has 26 heavy (non-hydrogen) atoms. The fourth-order valence-electron chi connectivity index (χ4n) is 2.73. The van der Waals surface area contributed by atoms with Crippen LogP contribution >= 0.6 is 0 Å². The Morgan fingerprint density at radius 2 is 1.73 bits per heavy atom. The number of aromatic nitrogens is 4. The van der Waals surface area contributed by atoms with Crippen LogP contribution in [0.1, 0.15) is 17.1 Å². The predicted octanol–water partition coefficient (Wildman–Crippen LogP) is 1.95. The van der Waals surface area contributed by atoms with Gasteiger partial charge in [-0.1, -0.05) is 18.2 Å². The Bertz CT molecular complexity index is 1010. The molecule has 0 unspecified atom stereocenters. The van der Waals surface area contributed by atoms with Crippen molar-refractivity contribution in [3.05, 3.63) is 63.8 Å². The maximum atomic E-state index is 12.8. The van der Waals surface area contributed by atoms with Gasteiger partial charge in [-0.3, -0.25) is 9.48 Å². The van der Waals surface area contributed by atoms with Gasteiger partial charge in [-0.05, 0) is 39.0 Å². The molecule has 0 saturated carbocycles. The number of hydrogen-bond donors (Lipinski definition) is 2. The number of anilines is 1. The highest BCUT2D eigenvalue weighted by atomic mass is 16.1. The summed E-state index contributed by atoms with van der Waals surface area (Å²) in [6.45, 7) is 5.55. The number of benzene rings is 1. The Labute approximate surface area is 151 Å². The van der Waals surface area contributed by atoms with Crippen molar-refractivity contribution < 1.29 is 0 Å². The maximum Gasteiger partial charge on any atom is 0.295 e. The van der Waals surface area contributed by atoms with Gasteiger partial charge in [-0.2, -0.15) is 4.99 Å². The third-order valence-electron chi connectivity index (χ3n) is 4.00. The average Bonchev–Trinajstić information content (AvgIpc) is 2.78. The molecule has 3 aromatic rings. The van der Waals surface area contributed by atoms with Crippen LogP contribution in [0.3, 0.4) is 0 Å². The fourth-order valence-corrected chi connectivity index (χ4v) is 2.73. The molecular weight excluding hydrogens is 330 g/mol. The summed E-state index contributed by atoms with van der Waals surface area (Å²) in [6, 6.07) is 11.2. The lowest BCUT2D eigenvalue weighted by atomic mass is 10.3. The van der Waals surface area contributed by atoms with E-state index in [0.717, 1.165) is 22.8 Å². The van der Waals surface area contributed by atoms with Gasteiger partial charge in [0.15, 0.2) is 0 Å². The zero-order valence-electron chi connectivity index (χ0n) is 15.2. The smallest absolute Gasteiger partial charge is 0.295 e. The molecule has 0 spiro atoms. The largest absolute Gasteiger partial charge is 0.369 e. The van der Waals surface area contributed by atoms with E-state index in [0.29, 0.717) is 5.69 Å². The van der Waals surface area contributed by atoms with Gasteiger partial charge < -0.3 is 11.1 Å². The van der Waals surface area contributed by atoms with Gasteiger partial charge in [0.05, 0.1) is 11.4 Å². The number of hydrogen-bond acceptors (Lipinski definition) is 4. The minimum absolute atomic E-state index is 0.0565. The third kappa shape index (κ3) is 3.34. The predicted molar refractivity (Wildman–Crippen MR) is 102 cm³/mol. The van der Waals surface area contributed by atoms with Gasteiger partial charge in [0.25, 0.3) is 11.5 Å². The normalized spacial score (nSPS) is 11.6. The van der Waals surface area contributed by atoms with E-state index in [2.05, 4.69) is 20.3 Å². The zero-order chi connectivity index (χ0) is 18.8. The molecule has 0 aliphatic heterocycles. The van der Waals surface area contributed by atoms with Crippen LogP contribution in [-0.4, -0.2) is 25.3 Å². The Hall–Kier alpha value is -3.42. The lowest BCUT2D eigenvalue weighted by Crippen LogP contribution is -2.27. The number of nitrogens with two attached hydrogens (primary N) is 1. The molecule has 0 bridgehead atoms. The van der Waals surface area contributed by atoms with Crippen molar-refractivity contribution in [1.82, 2.24) is 19.3 Å². The van der Waals surface area contributed by atoms with Crippen molar-refractivity contribution in [2.24, 2.45) is 17.8 Å². The molecule has 0 radical (unpaired) electrons. The second-order valence-electron chi connectivity index (χ2n) is 6.01. The van der Waals surface area contributed by atoms with E-state index in [-0.39, 0.29) is 17.5 Å². The number of guanidine groups is 1. The van der Waals surface area contributed by atoms with Crippen molar-refractivity contribution in [3.8, 4) is 5.69 Å². The fraction of sp³-hybridized carbons (Fsp3) is 0.222. The molecule has 8 heteroatoms. The summed E-state index contributed by atoms with van der Waals surface area (Å²) in [5, 5.41) is 2.89. The van der Waals surface area contributed by atoms with Gasteiger partial charge in [0.2, 0.25) is 5.96 Å². The number of aryl methyl sites for hydroxylation is 2. The van der Waals surface area contributed by atoms with E-state index >= 15 is 0 Å². The summed E-state index contributed by atoms with van der Waals surface area (Å²) < 4.78 is 3.33. The summed E-state index contributed by atoms with van der Waals surface area (Å²) in [7, 11) is 1.81. The van der Waals surface area contributed by atoms with Crippen LogP contribution in [0.4, 0.5) is 11.6 Å². The molecule has 1 aromatic carbocycles. The molecule has 8 nitrogen and oxygen atoms in total. The van der Waals surface area contributed by atoms with Crippen LogP contribution in [-0.2, 0) is 7.05 Å². The van der Waals surface area contributed by atoms with Crippen molar-refractivity contribution >= 4 is 17.6 Å². The zero-order valence-corrected chi connectivity index (χ0v) is 15.2. The highest BCUT2D eigenvalue weighted by Crippen LogP contribution is 2.14.